The maximum Gasteiger partial charge on any atom is 0.270 e. The number of aromatic nitrogens is 2. The van der Waals surface area contributed by atoms with Gasteiger partial charge in [-0.1, -0.05) is 74.0 Å². The van der Waals surface area contributed by atoms with E-state index in [-0.39, 0.29) is 17.5 Å². The highest BCUT2D eigenvalue weighted by Gasteiger charge is 2.33. The number of carbonyl (C=O) groups excluding carboxylic acids is 1. The largest absolute Gasteiger partial charge is 0.493 e. The maximum absolute atomic E-state index is 13.7. The topological polar surface area (TPSA) is 75.4 Å². The van der Waals surface area contributed by atoms with Gasteiger partial charge in [-0.3, -0.25) is 14.2 Å². The summed E-state index contributed by atoms with van der Waals surface area (Å²) in [6.45, 7) is 5.06. The Kier molecular flexibility index (Phi) is 6.92. The second kappa shape index (κ2) is 10.0. The summed E-state index contributed by atoms with van der Waals surface area (Å²) in [6, 6.07) is 19.5. The SMILES string of the molecule is CCCCc1nc(O)c(C(=O)N2CC[C@H](c3ccccc3)C2)c(=O)n1[C@@H](C)c1ccccc1. The molecule has 2 atom stereocenters. The summed E-state index contributed by atoms with van der Waals surface area (Å²) < 4.78 is 1.59. The Bertz CT molecular complexity index is 1160. The molecule has 1 amide bonds. The fourth-order valence-corrected chi connectivity index (χ4v) is 4.64. The number of hydrogen-bond donors (Lipinski definition) is 1. The van der Waals surface area contributed by atoms with Crippen LogP contribution in [-0.2, 0) is 6.42 Å². The molecule has 0 saturated carbocycles. The van der Waals surface area contributed by atoms with Gasteiger partial charge < -0.3 is 10.0 Å². The second-order valence-corrected chi connectivity index (χ2v) is 8.74. The average Bonchev–Trinajstić information content (AvgIpc) is 3.34. The van der Waals surface area contributed by atoms with E-state index in [9.17, 15) is 14.7 Å². The molecule has 0 bridgehead atoms. The molecule has 3 aromatic rings. The van der Waals surface area contributed by atoms with Gasteiger partial charge >= 0.3 is 0 Å². The zero-order valence-corrected chi connectivity index (χ0v) is 19.3. The van der Waals surface area contributed by atoms with Gasteiger partial charge in [-0.05, 0) is 30.9 Å². The first-order chi connectivity index (χ1) is 16.0. The number of nitrogens with zero attached hydrogens (tertiary/aromatic N) is 3. The van der Waals surface area contributed by atoms with E-state index in [0.717, 1.165) is 24.8 Å². The first-order valence-corrected chi connectivity index (χ1v) is 11.7. The molecule has 6 heteroatoms. The van der Waals surface area contributed by atoms with Crippen molar-refractivity contribution in [3.05, 3.63) is 93.5 Å². The van der Waals surface area contributed by atoms with Gasteiger partial charge in [0.05, 0.1) is 6.04 Å². The third-order valence-corrected chi connectivity index (χ3v) is 6.55. The van der Waals surface area contributed by atoms with Crippen LogP contribution < -0.4 is 5.56 Å². The normalized spacial score (nSPS) is 16.7. The van der Waals surface area contributed by atoms with Gasteiger partial charge in [-0.25, -0.2) is 0 Å². The van der Waals surface area contributed by atoms with Gasteiger partial charge in [0.25, 0.3) is 11.5 Å². The summed E-state index contributed by atoms with van der Waals surface area (Å²) in [5.41, 5.74) is 1.43. The zero-order chi connectivity index (χ0) is 23.4. The van der Waals surface area contributed by atoms with Crippen molar-refractivity contribution in [3.63, 3.8) is 0 Å². The Morgan fingerprint density at radius 3 is 2.45 bits per heavy atom. The lowest BCUT2D eigenvalue weighted by molar-refractivity contribution is 0.0783. The molecule has 2 aromatic carbocycles. The first-order valence-electron chi connectivity index (χ1n) is 11.7. The molecule has 1 saturated heterocycles. The number of hydrogen-bond acceptors (Lipinski definition) is 4. The van der Waals surface area contributed by atoms with Crippen molar-refractivity contribution < 1.29 is 9.90 Å². The molecule has 1 aliphatic heterocycles. The van der Waals surface area contributed by atoms with Crippen LogP contribution in [0.2, 0.25) is 0 Å². The van der Waals surface area contributed by atoms with Gasteiger partial charge in [0.15, 0.2) is 5.56 Å². The van der Waals surface area contributed by atoms with E-state index in [1.54, 1.807) is 9.47 Å². The van der Waals surface area contributed by atoms with Gasteiger partial charge in [0, 0.05) is 25.4 Å². The Labute approximate surface area is 194 Å². The van der Waals surface area contributed by atoms with Gasteiger partial charge in [-0.15, -0.1) is 0 Å². The molecule has 1 fully saturated rings. The lowest BCUT2D eigenvalue weighted by Crippen LogP contribution is -2.38. The van der Waals surface area contributed by atoms with E-state index in [1.165, 1.54) is 5.56 Å². The van der Waals surface area contributed by atoms with Crippen molar-refractivity contribution in [2.75, 3.05) is 13.1 Å². The molecule has 33 heavy (non-hydrogen) atoms. The number of likely N-dealkylation sites (tertiary alicyclic amines) is 1. The van der Waals surface area contributed by atoms with Crippen molar-refractivity contribution in [2.45, 2.75) is 51.5 Å². The van der Waals surface area contributed by atoms with E-state index in [4.69, 9.17) is 0 Å². The number of benzene rings is 2. The maximum atomic E-state index is 13.7. The average molecular weight is 446 g/mol. The fourth-order valence-electron chi connectivity index (χ4n) is 4.64. The Morgan fingerprint density at radius 1 is 1.12 bits per heavy atom. The number of aromatic hydroxyl groups is 1. The van der Waals surface area contributed by atoms with E-state index in [2.05, 4.69) is 24.0 Å². The van der Waals surface area contributed by atoms with Crippen LogP contribution in [0.3, 0.4) is 0 Å². The lowest BCUT2D eigenvalue weighted by Gasteiger charge is -2.22. The van der Waals surface area contributed by atoms with E-state index in [0.29, 0.717) is 25.3 Å². The third kappa shape index (κ3) is 4.70. The number of amides is 1. The predicted molar refractivity (Wildman–Crippen MR) is 129 cm³/mol. The molecule has 0 unspecified atom stereocenters. The highest BCUT2D eigenvalue weighted by molar-refractivity contribution is 5.96. The Hall–Kier alpha value is -3.41. The summed E-state index contributed by atoms with van der Waals surface area (Å²) >= 11 is 0. The van der Waals surface area contributed by atoms with Crippen LogP contribution in [-0.4, -0.2) is 38.6 Å². The summed E-state index contributed by atoms with van der Waals surface area (Å²) in [5.74, 6) is -0.175. The quantitative estimate of drug-likeness (QED) is 0.580. The minimum absolute atomic E-state index is 0.222. The molecule has 6 nitrogen and oxygen atoms in total. The van der Waals surface area contributed by atoms with E-state index < -0.39 is 17.3 Å². The second-order valence-electron chi connectivity index (χ2n) is 8.74. The van der Waals surface area contributed by atoms with Gasteiger partial charge in [-0.2, -0.15) is 4.98 Å². The molecule has 1 aliphatic rings. The smallest absolute Gasteiger partial charge is 0.270 e. The van der Waals surface area contributed by atoms with Crippen molar-refractivity contribution in [2.24, 2.45) is 0 Å². The standard InChI is InChI=1S/C27H31N3O3/c1-3-4-15-23-28-25(31)24(27(33)30(23)19(2)20-11-7-5-8-12-20)26(32)29-17-16-22(18-29)21-13-9-6-10-14-21/h5-14,19,22,31H,3-4,15-18H2,1-2H3/t19-,22-/m0/s1. The van der Waals surface area contributed by atoms with Crippen LogP contribution in [0.5, 0.6) is 5.88 Å². The molecule has 1 N–H and O–H groups in total. The number of aryl methyl sites for hydroxylation is 1. The third-order valence-electron chi connectivity index (χ3n) is 6.55. The minimum atomic E-state index is -0.474. The van der Waals surface area contributed by atoms with Crippen LogP contribution in [0.15, 0.2) is 65.5 Å². The molecular formula is C27H31N3O3. The van der Waals surface area contributed by atoms with Crippen molar-refractivity contribution in [1.82, 2.24) is 14.5 Å². The summed E-state index contributed by atoms with van der Waals surface area (Å²) in [4.78, 5) is 33.1. The van der Waals surface area contributed by atoms with Crippen LogP contribution in [0.4, 0.5) is 0 Å². The predicted octanol–water partition coefficient (Wildman–Crippen LogP) is 4.53. The minimum Gasteiger partial charge on any atom is -0.493 e. The fraction of sp³-hybridized carbons (Fsp3) is 0.370. The summed E-state index contributed by atoms with van der Waals surface area (Å²) in [6.07, 6.45) is 3.16. The van der Waals surface area contributed by atoms with Crippen molar-refractivity contribution in [3.8, 4) is 5.88 Å². The molecule has 2 heterocycles. The number of carbonyl (C=O) groups is 1. The molecular weight excluding hydrogens is 414 g/mol. The molecule has 4 rings (SSSR count). The van der Waals surface area contributed by atoms with Crippen LogP contribution in [0.25, 0.3) is 0 Å². The van der Waals surface area contributed by atoms with E-state index >= 15 is 0 Å². The van der Waals surface area contributed by atoms with Crippen LogP contribution >= 0.6 is 0 Å². The lowest BCUT2D eigenvalue weighted by atomic mass is 9.99. The Balaban J connectivity index is 1.70. The van der Waals surface area contributed by atoms with Crippen molar-refractivity contribution >= 4 is 5.91 Å². The first kappa shape index (κ1) is 22.8. The number of unbranched alkanes of at least 4 members (excludes halogenated alkanes) is 1. The molecule has 1 aromatic heterocycles. The van der Waals surface area contributed by atoms with Crippen molar-refractivity contribution in [1.29, 1.82) is 0 Å². The van der Waals surface area contributed by atoms with Crippen LogP contribution in [0, 0.1) is 0 Å². The zero-order valence-electron chi connectivity index (χ0n) is 19.3. The Morgan fingerprint density at radius 2 is 1.79 bits per heavy atom. The monoisotopic (exact) mass is 445 g/mol. The van der Waals surface area contributed by atoms with Gasteiger partial charge in [0.2, 0.25) is 5.88 Å². The highest BCUT2D eigenvalue weighted by atomic mass is 16.3. The van der Waals surface area contributed by atoms with E-state index in [1.807, 2.05) is 55.5 Å². The summed E-state index contributed by atoms with van der Waals surface area (Å²) in [5, 5.41) is 10.7. The highest BCUT2D eigenvalue weighted by Crippen LogP contribution is 2.29. The van der Waals surface area contributed by atoms with Gasteiger partial charge in [0.1, 0.15) is 5.82 Å². The molecule has 0 radical (unpaired) electrons. The van der Waals surface area contributed by atoms with Crippen LogP contribution in [0.1, 0.15) is 72.4 Å². The molecule has 172 valence electrons. The number of rotatable bonds is 7. The molecule has 0 spiro atoms. The molecule has 0 aliphatic carbocycles. The summed E-state index contributed by atoms with van der Waals surface area (Å²) in [7, 11) is 0.